The third kappa shape index (κ3) is 2.37. The second-order valence-electron chi connectivity index (χ2n) is 5.54. The molecule has 4 heteroatoms. The van der Waals surface area contributed by atoms with Crippen molar-refractivity contribution in [3.05, 3.63) is 35.1 Å². The van der Waals surface area contributed by atoms with Crippen molar-refractivity contribution in [2.45, 2.75) is 43.7 Å². The first-order valence-electron chi connectivity index (χ1n) is 6.81. The Labute approximate surface area is 112 Å². The molecule has 2 aliphatic rings. The molecular weight excluding hydrogens is 245 g/mol. The van der Waals surface area contributed by atoms with Gasteiger partial charge in [0.15, 0.2) is 0 Å². The molecule has 2 unspecified atom stereocenters. The second kappa shape index (κ2) is 4.93. The van der Waals surface area contributed by atoms with Crippen LogP contribution in [-0.2, 0) is 4.74 Å². The minimum absolute atomic E-state index is 0.0471. The van der Waals surface area contributed by atoms with Crippen LogP contribution in [0.2, 0.25) is 0 Å². The number of piperidine rings is 1. The Morgan fingerprint density at radius 2 is 2.00 bits per heavy atom. The lowest BCUT2D eigenvalue weighted by Gasteiger charge is -2.29. The third-order valence-electron chi connectivity index (χ3n) is 4.34. The summed E-state index contributed by atoms with van der Waals surface area (Å²) >= 11 is 0. The Morgan fingerprint density at radius 3 is 2.63 bits per heavy atom. The lowest BCUT2D eigenvalue weighted by molar-refractivity contribution is 0.0595. The molecule has 0 spiro atoms. The first kappa shape index (κ1) is 12.6. The maximum Gasteiger partial charge on any atom is 0.340 e. The lowest BCUT2D eigenvalue weighted by atomic mass is 9.85. The van der Waals surface area contributed by atoms with Crippen LogP contribution in [-0.4, -0.2) is 25.2 Å². The number of nitrogens with one attached hydrogen (secondary N) is 1. The quantitative estimate of drug-likeness (QED) is 0.834. The van der Waals surface area contributed by atoms with Gasteiger partial charge in [0.25, 0.3) is 0 Å². The van der Waals surface area contributed by atoms with E-state index in [4.69, 9.17) is 0 Å². The minimum atomic E-state index is -0.601. The molecule has 2 aliphatic heterocycles. The van der Waals surface area contributed by atoms with Gasteiger partial charge in [0, 0.05) is 12.1 Å². The van der Waals surface area contributed by atoms with E-state index in [1.807, 2.05) is 0 Å². The van der Waals surface area contributed by atoms with Crippen LogP contribution in [0.15, 0.2) is 18.2 Å². The molecule has 2 fully saturated rings. The van der Waals surface area contributed by atoms with Crippen LogP contribution in [0.1, 0.15) is 47.5 Å². The summed E-state index contributed by atoms with van der Waals surface area (Å²) in [5.74, 6) is -0.688. The number of rotatable bonds is 2. The minimum Gasteiger partial charge on any atom is -0.465 e. The van der Waals surface area contributed by atoms with Gasteiger partial charge < -0.3 is 10.1 Å². The first-order valence-corrected chi connectivity index (χ1v) is 6.81. The maximum absolute atomic E-state index is 13.6. The Morgan fingerprint density at radius 1 is 1.32 bits per heavy atom. The van der Waals surface area contributed by atoms with Crippen molar-refractivity contribution in [1.82, 2.24) is 5.32 Å². The van der Waals surface area contributed by atoms with Gasteiger partial charge in [0.05, 0.1) is 12.7 Å². The molecule has 1 aromatic rings. The molecule has 3 nitrogen and oxygen atoms in total. The lowest BCUT2D eigenvalue weighted by Crippen LogP contribution is -2.37. The van der Waals surface area contributed by atoms with Crippen LogP contribution < -0.4 is 5.32 Å². The van der Waals surface area contributed by atoms with Crippen LogP contribution in [0.5, 0.6) is 0 Å². The van der Waals surface area contributed by atoms with Gasteiger partial charge in [-0.1, -0.05) is 6.07 Å². The molecule has 2 bridgehead atoms. The van der Waals surface area contributed by atoms with Gasteiger partial charge in [-0.2, -0.15) is 0 Å². The number of methoxy groups -OCH3 is 1. The Kier molecular flexibility index (Phi) is 3.27. The van der Waals surface area contributed by atoms with Gasteiger partial charge in [0.2, 0.25) is 0 Å². The van der Waals surface area contributed by atoms with Gasteiger partial charge in [-0.15, -0.1) is 0 Å². The molecule has 0 amide bonds. The number of ether oxygens (including phenoxy) is 1. The zero-order chi connectivity index (χ0) is 13.4. The van der Waals surface area contributed by atoms with E-state index in [9.17, 15) is 9.18 Å². The Bertz CT molecular complexity index is 491. The number of halogens is 1. The van der Waals surface area contributed by atoms with E-state index >= 15 is 0 Å². The number of benzene rings is 1. The molecule has 2 saturated heterocycles. The number of fused-ring (bicyclic) bond motifs is 2. The number of hydrogen-bond acceptors (Lipinski definition) is 3. The molecule has 2 atom stereocenters. The van der Waals surface area contributed by atoms with Crippen molar-refractivity contribution >= 4 is 5.97 Å². The fraction of sp³-hybridized carbons (Fsp3) is 0.533. The number of carbonyl (C=O) groups is 1. The maximum atomic E-state index is 13.6. The average Bonchev–Trinajstić information content (AvgIpc) is 2.77. The highest BCUT2D eigenvalue weighted by Gasteiger charge is 2.34. The fourth-order valence-corrected chi connectivity index (χ4v) is 3.39. The number of carbonyl (C=O) groups excluding carboxylic acids is 1. The van der Waals surface area contributed by atoms with E-state index in [0.29, 0.717) is 18.0 Å². The van der Waals surface area contributed by atoms with Gasteiger partial charge in [-0.3, -0.25) is 0 Å². The standard InChI is InChI=1S/C15H18FNO2/c1-19-15(18)13-8-9(2-5-14(13)16)10-6-11-3-4-12(7-10)17-11/h2,5,8,10-12,17H,3-4,6-7H2,1H3. The molecule has 19 heavy (non-hydrogen) atoms. The summed E-state index contributed by atoms with van der Waals surface area (Å²) in [7, 11) is 1.28. The summed E-state index contributed by atoms with van der Waals surface area (Å²) in [5.41, 5.74) is 1.10. The molecule has 2 heterocycles. The summed E-state index contributed by atoms with van der Waals surface area (Å²) in [6.07, 6.45) is 4.60. The van der Waals surface area contributed by atoms with Gasteiger partial charge in [-0.05, 0) is 49.3 Å². The Balaban J connectivity index is 1.87. The van der Waals surface area contributed by atoms with E-state index in [0.717, 1.165) is 18.4 Å². The van der Waals surface area contributed by atoms with E-state index in [-0.39, 0.29) is 5.56 Å². The van der Waals surface area contributed by atoms with E-state index < -0.39 is 11.8 Å². The highest BCUT2D eigenvalue weighted by atomic mass is 19.1. The molecule has 0 radical (unpaired) electrons. The predicted octanol–water partition coefficient (Wildman–Crippen LogP) is 2.61. The van der Waals surface area contributed by atoms with E-state index in [1.165, 1.54) is 26.0 Å². The van der Waals surface area contributed by atoms with Crippen molar-refractivity contribution in [1.29, 1.82) is 0 Å². The SMILES string of the molecule is COC(=O)c1cc(C2CC3CCC(C2)N3)ccc1F. The molecule has 3 rings (SSSR count). The van der Waals surface area contributed by atoms with Crippen molar-refractivity contribution < 1.29 is 13.9 Å². The Hall–Kier alpha value is -1.42. The highest BCUT2D eigenvalue weighted by molar-refractivity contribution is 5.89. The zero-order valence-electron chi connectivity index (χ0n) is 11.0. The van der Waals surface area contributed by atoms with Gasteiger partial charge in [0.1, 0.15) is 5.82 Å². The first-order chi connectivity index (χ1) is 9.17. The van der Waals surface area contributed by atoms with Crippen molar-refractivity contribution in [3.8, 4) is 0 Å². The van der Waals surface area contributed by atoms with E-state index in [2.05, 4.69) is 10.1 Å². The van der Waals surface area contributed by atoms with Crippen LogP contribution >= 0.6 is 0 Å². The fourth-order valence-electron chi connectivity index (χ4n) is 3.39. The van der Waals surface area contributed by atoms with Crippen LogP contribution in [0.4, 0.5) is 4.39 Å². The third-order valence-corrected chi connectivity index (χ3v) is 4.34. The van der Waals surface area contributed by atoms with Crippen LogP contribution in [0, 0.1) is 5.82 Å². The van der Waals surface area contributed by atoms with Crippen molar-refractivity contribution in [2.75, 3.05) is 7.11 Å². The average molecular weight is 263 g/mol. The molecular formula is C15H18FNO2. The monoisotopic (exact) mass is 263 g/mol. The summed E-state index contributed by atoms with van der Waals surface area (Å²) < 4.78 is 18.2. The largest absolute Gasteiger partial charge is 0.465 e. The summed E-state index contributed by atoms with van der Waals surface area (Å²) in [4.78, 5) is 11.5. The molecule has 0 saturated carbocycles. The molecule has 0 aliphatic carbocycles. The van der Waals surface area contributed by atoms with Crippen LogP contribution in [0.25, 0.3) is 0 Å². The summed E-state index contributed by atoms with van der Waals surface area (Å²) in [6.45, 7) is 0. The van der Waals surface area contributed by atoms with E-state index in [1.54, 1.807) is 12.1 Å². The van der Waals surface area contributed by atoms with Gasteiger partial charge >= 0.3 is 5.97 Å². The zero-order valence-corrected chi connectivity index (χ0v) is 11.0. The van der Waals surface area contributed by atoms with Crippen LogP contribution in [0.3, 0.4) is 0 Å². The normalized spacial score (nSPS) is 29.3. The van der Waals surface area contributed by atoms with Crippen molar-refractivity contribution in [3.63, 3.8) is 0 Å². The molecule has 0 aromatic heterocycles. The highest BCUT2D eigenvalue weighted by Crippen LogP contribution is 2.37. The van der Waals surface area contributed by atoms with Crippen molar-refractivity contribution in [2.24, 2.45) is 0 Å². The van der Waals surface area contributed by atoms with Gasteiger partial charge in [-0.25, -0.2) is 9.18 Å². The predicted molar refractivity (Wildman–Crippen MR) is 69.7 cm³/mol. The molecule has 1 aromatic carbocycles. The topological polar surface area (TPSA) is 38.3 Å². The summed E-state index contributed by atoms with van der Waals surface area (Å²) in [6, 6.07) is 6.00. The molecule has 102 valence electrons. The number of esters is 1. The molecule has 1 N–H and O–H groups in total. The number of hydrogen-bond donors (Lipinski definition) is 1. The smallest absolute Gasteiger partial charge is 0.340 e. The second-order valence-corrected chi connectivity index (χ2v) is 5.54. The summed E-state index contributed by atoms with van der Waals surface area (Å²) in [5, 5.41) is 3.58.